The van der Waals surface area contributed by atoms with Gasteiger partial charge in [-0.3, -0.25) is 0 Å². The van der Waals surface area contributed by atoms with Crippen LogP contribution in [0.15, 0.2) is 22.7 Å². The van der Waals surface area contributed by atoms with Crippen molar-refractivity contribution in [2.75, 3.05) is 13.9 Å². The minimum absolute atomic E-state index is 0.176. The zero-order chi connectivity index (χ0) is 9.97. The summed E-state index contributed by atoms with van der Waals surface area (Å²) in [4.78, 5) is 0. The SMILES string of the molecule is COCOc1noc2cc(C)ccc12. The molecule has 1 aromatic carbocycles. The average Bonchev–Trinajstić information content (AvgIpc) is 2.57. The predicted molar refractivity (Wildman–Crippen MR) is 51.3 cm³/mol. The lowest BCUT2D eigenvalue weighted by atomic mass is 10.2. The molecule has 0 saturated heterocycles. The Morgan fingerprint density at radius 1 is 1.43 bits per heavy atom. The van der Waals surface area contributed by atoms with E-state index in [9.17, 15) is 0 Å². The zero-order valence-corrected chi connectivity index (χ0v) is 8.11. The summed E-state index contributed by atoms with van der Waals surface area (Å²) in [7, 11) is 1.56. The number of benzene rings is 1. The summed E-state index contributed by atoms with van der Waals surface area (Å²) in [6, 6.07) is 5.83. The van der Waals surface area contributed by atoms with E-state index in [1.807, 2.05) is 25.1 Å². The topological polar surface area (TPSA) is 44.5 Å². The summed E-state index contributed by atoms with van der Waals surface area (Å²) >= 11 is 0. The fourth-order valence-corrected chi connectivity index (χ4v) is 1.24. The summed E-state index contributed by atoms with van der Waals surface area (Å²) in [6.07, 6.45) is 0. The molecule has 14 heavy (non-hydrogen) atoms. The monoisotopic (exact) mass is 193 g/mol. The highest BCUT2D eigenvalue weighted by Crippen LogP contribution is 2.25. The molecule has 0 N–H and O–H groups in total. The van der Waals surface area contributed by atoms with Gasteiger partial charge in [0.1, 0.15) is 0 Å². The van der Waals surface area contributed by atoms with Gasteiger partial charge >= 0.3 is 0 Å². The number of hydrogen-bond acceptors (Lipinski definition) is 4. The molecule has 0 radical (unpaired) electrons. The number of nitrogens with zero attached hydrogens (tertiary/aromatic N) is 1. The molecule has 0 saturated carbocycles. The van der Waals surface area contributed by atoms with Gasteiger partial charge in [0, 0.05) is 7.11 Å². The number of rotatable bonds is 3. The molecule has 0 atom stereocenters. The second kappa shape index (κ2) is 3.67. The third-order valence-corrected chi connectivity index (χ3v) is 1.91. The lowest BCUT2D eigenvalue weighted by Gasteiger charge is -1.98. The minimum atomic E-state index is 0.176. The van der Waals surface area contributed by atoms with Crippen LogP contribution in [0.5, 0.6) is 5.88 Å². The minimum Gasteiger partial charge on any atom is -0.448 e. The molecule has 1 aromatic heterocycles. The maximum Gasteiger partial charge on any atom is 0.264 e. The second-order valence-electron chi connectivity index (χ2n) is 3.04. The van der Waals surface area contributed by atoms with Crippen LogP contribution in [-0.4, -0.2) is 19.1 Å². The molecule has 74 valence electrons. The lowest BCUT2D eigenvalue weighted by Crippen LogP contribution is -1.98. The summed E-state index contributed by atoms with van der Waals surface area (Å²) < 4.78 is 15.1. The van der Waals surface area contributed by atoms with Gasteiger partial charge in [0.05, 0.1) is 5.39 Å². The molecule has 4 nitrogen and oxygen atoms in total. The highest BCUT2D eigenvalue weighted by Gasteiger charge is 2.08. The number of aromatic nitrogens is 1. The van der Waals surface area contributed by atoms with E-state index >= 15 is 0 Å². The molecule has 0 bridgehead atoms. The van der Waals surface area contributed by atoms with E-state index in [-0.39, 0.29) is 6.79 Å². The van der Waals surface area contributed by atoms with E-state index in [1.165, 1.54) is 0 Å². The quantitative estimate of drug-likeness (QED) is 0.700. The fraction of sp³-hybridized carbons (Fsp3) is 0.300. The third kappa shape index (κ3) is 1.56. The van der Waals surface area contributed by atoms with Crippen molar-refractivity contribution in [1.82, 2.24) is 5.16 Å². The van der Waals surface area contributed by atoms with E-state index in [1.54, 1.807) is 7.11 Å². The van der Waals surface area contributed by atoms with Crippen molar-refractivity contribution in [3.63, 3.8) is 0 Å². The highest BCUT2D eigenvalue weighted by atomic mass is 16.7. The molecule has 1 heterocycles. The smallest absolute Gasteiger partial charge is 0.264 e. The maximum absolute atomic E-state index is 5.22. The van der Waals surface area contributed by atoms with Crippen molar-refractivity contribution in [2.45, 2.75) is 6.92 Å². The van der Waals surface area contributed by atoms with E-state index in [0.717, 1.165) is 16.5 Å². The van der Waals surface area contributed by atoms with Gasteiger partial charge in [-0.2, -0.15) is 0 Å². The van der Waals surface area contributed by atoms with Crippen LogP contribution in [0.2, 0.25) is 0 Å². The van der Waals surface area contributed by atoms with Crippen LogP contribution in [0.3, 0.4) is 0 Å². The van der Waals surface area contributed by atoms with Gasteiger partial charge in [-0.1, -0.05) is 6.07 Å². The van der Waals surface area contributed by atoms with Gasteiger partial charge in [0.15, 0.2) is 12.4 Å². The summed E-state index contributed by atoms with van der Waals surface area (Å²) in [5.74, 6) is 0.474. The van der Waals surface area contributed by atoms with Crippen LogP contribution in [0.25, 0.3) is 11.0 Å². The Hall–Kier alpha value is -1.55. The fourth-order valence-electron chi connectivity index (χ4n) is 1.24. The number of fused-ring (bicyclic) bond motifs is 1. The largest absolute Gasteiger partial charge is 0.448 e. The Balaban J connectivity index is 2.37. The maximum atomic E-state index is 5.22. The Morgan fingerprint density at radius 3 is 3.07 bits per heavy atom. The van der Waals surface area contributed by atoms with Crippen molar-refractivity contribution < 1.29 is 14.0 Å². The Morgan fingerprint density at radius 2 is 2.29 bits per heavy atom. The number of methoxy groups -OCH3 is 1. The van der Waals surface area contributed by atoms with Crippen molar-refractivity contribution in [2.24, 2.45) is 0 Å². The molecular formula is C10H11NO3. The first-order chi connectivity index (χ1) is 6.81. The molecule has 0 amide bonds. The average molecular weight is 193 g/mol. The molecule has 0 fully saturated rings. The van der Waals surface area contributed by atoms with Crippen LogP contribution >= 0.6 is 0 Å². The molecular weight excluding hydrogens is 182 g/mol. The normalized spacial score (nSPS) is 10.7. The molecule has 0 aliphatic carbocycles. The molecule has 2 rings (SSSR count). The van der Waals surface area contributed by atoms with Crippen molar-refractivity contribution >= 4 is 11.0 Å². The van der Waals surface area contributed by atoms with Gasteiger partial charge in [0.25, 0.3) is 5.88 Å². The van der Waals surface area contributed by atoms with Crippen LogP contribution < -0.4 is 4.74 Å². The van der Waals surface area contributed by atoms with E-state index < -0.39 is 0 Å². The van der Waals surface area contributed by atoms with Crippen LogP contribution in [0.4, 0.5) is 0 Å². The van der Waals surface area contributed by atoms with Crippen LogP contribution in [0.1, 0.15) is 5.56 Å². The Labute approximate surface area is 81.4 Å². The first-order valence-electron chi connectivity index (χ1n) is 4.29. The first kappa shape index (κ1) is 9.02. The molecule has 0 aliphatic heterocycles. The summed E-state index contributed by atoms with van der Waals surface area (Å²) in [6.45, 7) is 2.17. The lowest BCUT2D eigenvalue weighted by molar-refractivity contribution is 0.0463. The Kier molecular flexibility index (Phi) is 2.37. The van der Waals surface area contributed by atoms with Crippen LogP contribution in [0, 0.1) is 6.92 Å². The zero-order valence-electron chi connectivity index (χ0n) is 8.11. The number of hydrogen-bond donors (Lipinski definition) is 0. The van der Waals surface area contributed by atoms with Gasteiger partial charge in [-0.15, -0.1) is 0 Å². The Bertz CT molecular complexity index is 436. The second-order valence-corrected chi connectivity index (χ2v) is 3.04. The highest BCUT2D eigenvalue weighted by molar-refractivity contribution is 5.82. The van der Waals surface area contributed by atoms with Gasteiger partial charge in [-0.25, -0.2) is 0 Å². The molecule has 2 aromatic rings. The van der Waals surface area contributed by atoms with E-state index in [4.69, 9.17) is 14.0 Å². The van der Waals surface area contributed by atoms with Gasteiger partial charge in [0.2, 0.25) is 0 Å². The molecule has 0 aliphatic rings. The van der Waals surface area contributed by atoms with Crippen molar-refractivity contribution in [3.05, 3.63) is 23.8 Å². The van der Waals surface area contributed by atoms with E-state index in [0.29, 0.717) is 5.88 Å². The molecule has 0 spiro atoms. The standard InChI is InChI=1S/C10H11NO3/c1-7-3-4-8-9(5-7)14-11-10(8)13-6-12-2/h3-5H,6H2,1-2H3. The van der Waals surface area contributed by atoms with Crippen LogP contribution in [-0.2, 0) is 4.74 Å². The molecule has 0 unspecified atom stereocenters. The van der Waals surface area contributed by atoms with Gasteiger partial charge < -0.3 is 14.0 Å². The predicted octanol–water partition coefficient (Wildman–Crippen LogP) is 2.12. The molecule has 4 heteroatoms. The van der Waals surface area contributed by atoms with E-state index in [2.05, 4.69) is 5.16 Å². The summed E-state index contributed by atoms with van der Waals surface area (Å²) in [5, 5.41) is 4.66. The number of aryl methyl sites for hydroxylation is 1. The number of ether oxygens (including phenoxy) is 2. The van der Waals surface area contributed by atoms with Crippen molar-refractivity contribution in [3.8, 4) is 5.88 Å². The van der Waals surface area contributed by atoms with Gasteiger partial charge in [-0.05, 0) is 29.8 Å². The first-order valence-corrected chi connectivity index (χ1v) is 4.29. The third-order valence-electron chi connectivity index (χ3n) is 1.91. The van der Waals surface area contributed by atoms with Crippen molar-refractivity contribution in [1.29, 1.82) is 0 Å². The summed E-state index contributed by atoms with van der Waals surface area (Å²) in [5.41, 5.74) is 1.86.